The molecule has 0 fully saturated rings. The van der Waals surface area contributed by atoms with Crippen LogP contribution in [0.25, 0.3) is 15.6 Å². The van der Waals surface area contributed by atoms with Crippen molar-refractivity contribution < 1.29 is 4.74 Å². The lowest BCUT2D eigenvalue weighted by Crippen LogP contribution is -1.97. The molecule has 0 amide bonds. The van der Waals surface area contributed by atoms with Gasteiger partial charge in [-0.05, 0) is 49.7 Å². The topological polar surface area (TPSA) is 39.9 Å². The summed E-state index contributed by atoms with van der Waals surface area (Å²) in [7, 11) is 1.67. The minimum Gasteiger partial charge on any atom is -0.497 e. The van der Waals surface area contributed by atoms with Crippen molar-refractivity contribution in [2.45, 2.75) is 13.8 Å². The Morgan fingerprint density at radius 3 is 2.50 bits per heavy atom. The highest BCUT2D eigenvalue weighted by Gasteiger charge is 2.09. The zero-order valence-corrected chi connectivity index (χ0v) is 12.4. The molecule has 0 unspecified atom stereocenters. The molecule has 2 heterocycles. The number of nitrogens with zero attached hydrogens (tertiary/aromatic N) is 3. The number of aromatic nitrogens is 3. The van der Waals surface area contributed by atoms with Crippen molar-refractivity contribution in [2.75, 3.05) is 7.11 Å². The fourth-order valence-electron chi connectivity index (χ4n) is 2.07. The fourth-order valence-corrected chi connectivity index (χ4v) is 3.01. The maximum absolute atomic E-state index is 5.17. The highest BCUT2D eigenvalue weighted by molar-refractivity contribution is 7.17. The molecule has 1 aromatic carbocycles. The predicted octanol–water partition coefficient (Wildman–Crippen LogP) is 3.62. The smallest absolute Gasteiger partial charge is 0.211 e. The van der Waals surface area contributed by atoms with E-state index in [1.165, 1.54) is 0 Å². The molecular weight excluding hydrogens is 270 g/mol. The summed E-state index contributed by atoms with van der Waals surface area (Å²) in [5.41, 5.74) is 3.23. The van der Waals surface area contributed by atoms with Gasteiger partial charge >= 0.3 is 0 Å². The van der Waals surface area contributed by atoms with E-state index in [2.05, 4.69) is 16.1 Å². The molecular formula is C15H15N3OS. The lowest BCUT2D eigenvalue weighted by atomic mass is 10.2. The van der Waals surface area contributed by atoms with Gasteiger partial charge in [-0.2, -0.15) is 5.10 Å². The second-order valence-corrected chi connectivity index (χ2v) is 5.58. The van der Waals surface area contributed by atoms with Crippen molar-refractivity contribution in [2.24, 2.45) is 0 Å². The molecule has 20 heavy (non-hydrogen) atoms. The van der Waals surface area contributed by atoms with E-state index in [0.717, 1.165) is 32.7 Å². The van der Waals surface area contributed by atoms with Crippen LogP contribution in [0.1, 0.15) is 11.4 Å². The Morgan fingerprint density at radius 2 is 1.90 bits per heavy atom. The molecule has 4 nitrogen and oxygen atoms in total. The van der Waals surface area contributed by atoms with Crippen LogP contribution in [0.3, 0.4) is 0 Å². The Bertz CT molecular complexity index is 728. The number of aryl methyl sites for hydroxylation is 2. The second-order valence-electron chi connectivity index (χ2n) is 4.57. The van der Waals surface area contributed by atoms with E-state index in [0.29, 0.717) is 0 Å². The Morgan fingerprint density at radius 1 is 1.15 bits per heavy atom. The Kier molecular flexibility index (Phi) is 3.28. The molecule has 0 bridgehead atoms. The highest BCUT2D eigenvalue weighted by Crippen LogP contribution is 2.29. The van der Waals surface area contributed by atoms with Gasteiger partial charge in [-0.3, -0.25) is 0 Å². The third-order valence-corrected chi connectivity index (χ3v) is 4.08. The first-order valence-electron chi connectivity index (χ1n) is 6.31. The maximum Gasteiger partial charge on any atom is 0.211 e. The van der Waals surface area contributed by atoms with Crippen molar-refractivity contribution in [3.05, 3.63) is 47.9 Å². The summed E-state index contributed by atoms with van der Waals surface area (Å²) < 4.78 is 7.05. The van der Waals surface area contributed by atoms with Gasteiger partial charge in [-0.1, -0.05) is 11.3 Å². The summed E-state index contributed by atoms with van der Waals surface area (Å²) in [5, 5.41) is 5.35. The van der Waals surface area contributed by atoms with Crippen molar-refractivity contribution >= 4 is 11.3 Å². The molecule has 3 rings (SSSR count). The van der Waals surface area contributed by atoms with Gasteiger partial charge in [0.15, 0.2) is 0 Å². The number of hydrogen-bond donors (Lipinski definition) is 0. The molecule has 0 saturated heterocycles. The van der Waals surface area contributed by atoms with Crippen molar-refractivity contribution in [1.82, 2.24) is 14.8 Å². The van der Waals surface area contributed by atoms with Crippen LogP contribution in [0.2, 0.25) is 0 Å². The van der Waals surface area contributed by atoms with Crippen LogP contribution in [0.15, 0.2) is 36.5 Å². The van der Waals surface area contributed by atoms with Crippen LogP contribution in [-0.4, -0.2) is 21.9 Å². The molecule has 0 atom stereocenters. The summed E-state index contributed by atoms with van der Waals surface area (Å²) in [4.78, 5) is 5.59. The molecule has 5 heteroatoms. The second kappa shape index (κ2) is 5.09. The Balaban J connectivity index is 1.95. The third-order valence-electron chi connectivity index (χ3n) is 3.06. The molecule has 0 spiro atoms. The van der Waals surface area contributed by atoms with Crippen LogP contribution < -0.4 is 4.74 Å². The largest absolute Gasteiger partial charge is 0.497 e. The average Bonchev–Trinajstić information content (AvgIpc) is 3.05. The van der Waals surface area contributed by atoms with E-state index >= 15 is 0 Å². The molecule has 0 N–H and O–H groups in total. The van der Waals surface area contributed by atoms with Gasteiger partial charge in [-0.25, -0.2) is 9.67 Å². The summed E-state index contributed by atoms with van der Waals surface area (Å²) in [6.45, 7) is 4.02. The molecule has 3 aromatic rings. The summed E-state index contributed by atoms with van der Waals surface area (Å²) in [5.74, 6) is 0.858. The number of hydrogen-bond acceptors (Lipinski definition) is 4. The Labute approximate surface area is 121 Å². The van der Waals surface area contributed by atoms with Gasteiger partial charge < -0.3 is 4.74 Å². The van der Waals surface area contributed by atoms with Gasteiger partial charge in [-0.15, -0.1) is 0 Å². The van der Waals surface area contributed by atoms with Gasteiger partial charge in [0.1, 0.15) is 5.75 Å². The number of thiazole rings is 1. The predicted molar refractivity (Wildman–Crippen MR) is 80.7 cm³/mol. The monoisotopic (exact) mass is 285 g/mol. The Hall–Kier alpha value is -2.14. The first-order chi connectivity index (χ1) is 9.67. The van der Waals surface area contributed by atoms with Crippen molar-refractivity contribution in [3.8, 4) is 21.3 Å². The maximum atomic E-state index is 5.17. The number of rotatable bonds is 3. The summed E-state index contributed by atoms with van der Waals surface area (Å²) in [6, 6.07) is 10.0. The lowest BCUT2D eigenvalue weighted by molar-refractivity contribution is 0.415. The fraction of sp³-hybridized carbons (Fsp3) is 0.200. The zero-order chi connectivity index (χ0) is 14.1. The molecule has 0 radical (unpaired) electrons. The standard InChI is InChI=1S/C15H15N3OS/c1-10-8-11(2)18(17-10)15-16-9-14(20-15)12-4-6-13(19-3)7-5-12/h4-9H,1-3H3. The quantitative estimate of drug-likeness (QED) is 0.738. The minimum atomic E-state index is 0.858. The van der Waals surface area contributed by atoms with E-state index < -0.39 is 0 Å². The SMILES string of the molecule is COc1ccc(-c2cnc(-n3nc(C)cc3C)s2)cc1. The lowest BCUT2D eigenvalue weighted by Gasteiger charge is -2.00. The number of benzene rings is 1. The first-order valence-corrected chi connectivity index (χ1v) is 7.13. The molecule has 0 aliphatic heterocycles. The summed E-state index contributed by atoms with van der Waals surface area (Å²) >= 11 is 1.63. The van der Waals surface area contributed by atoms with Crippen molar-refractivity contribution in [1.29, 1.82) is 0 Å². The minimum absolute atomic E-state index is 0.858. The van der Waals surface area contributed by atoms with E-state index in [1.54, 1.807) is 18.4 Å². The van der Waals surface area contributed by atoms with Crippen LogP contribution in [0, 0.1) is 13.8 Å². The number of ether oxygens (including phenoxy) is 1. The number of methoxy groups -OCH3 is 1. The van der Waals surface area contributed by atoms with Crippen LogP contribution >= 0.6 is 11.3 Å². The molecule has 0 saturated carbocycles. The molecule has 102 valence electrons. The van der Waals surface area contributed by atoms with Gasteiger partial charge in [0.2, 0.25) is 5.13 Å². The van der Waals surface area contributed by atoms with Crippen molar-refractivity contribution in [3.63, 3.8) is 0 Å². The van der Waals surface area contributed by atoms with Crippen LogP contribution in [-0.2, 0) is 0 Å². The first kappa shape index (κ1) is 12.9. The molecule has 2 aromatic heterocycles. The van der Waals surface area contributed by atoms with E-state index in [-0.39, 0.29) is 0 Å². The van der Waals surface area contributed by atoms with Gasteiger partial charge in [0.25, 0.3) is 0 Å². The zero-order valence-electron chi connectivity index (χ0n) is 11.6. The average molecular weight is 285 g/mol. The normalized spacial score (nSPS) is 10.8. The van der Waals surface area contributed by atoms with E-state index in [1.807, 2.05) is 49.0 Å². The molecule has 0 aliphatic rings. The van der Waals surface area contributed by atoms with E-state index in [9.17, 15) is 0 Å². The summed E-state index contributed by atoms with van der Waals surface area (Å²) in [6.07, 6.45) is 1.89. The molecule has 0 aliphatic carbocycles. The van der Waals surface area contributed by atoms with Crippen LogP contribution in [0.5, 0.6) is 5.75 Å². The van der Waals surface area contributed by atoms with E-state index in [4.69, 9.17) is 4.74 Å². The van der Waals surface area contributed by atoms with Gasteiger partial charge in [0, 0.05) is 11.9 Å². The third kappa shape index (κ3) is 2.32. The van der Waals surface area contributed by atoms with Crippen LogP contribution in [0.4, 0.5) is 0 Å². The highest BCUT2D eigenvalue weighted by atomic mass is 32.1. The van der Waals surface area contributed by atoms with Gasteiger partial charge in [0.05, 0.1) is 17.7 Å².